The Morgan fingerprint density at radius 1 is 0.719 bits per heavy atom. The van der Waals surface area contributed by atoms with Gasteiger partial charge in [-0.1, -0.05) is 103 Å². The molecule has 2 aromatic rings. The molecule has 2 aromatic carbocycles. The van der Waals surface area contributed by atoms with E-state index in [9.17, 15) is 0 Å². The van der Waals surface area contributed by atoms with Crippen molar-refractivity contribution in [1.29, 1.82) is 0 Å². The van der Waals surface area contributed by atoms with Gasteiger partial charge < -0.3 is 0 Å². The molecular weight excluding hydrogens is 384 g/mol. The number of rotatable bonds is 9. The predicted octanol–water partition coefficient (Wildman–Crippen LogP) is 9.67. The molecule has 0 bridgehead atoms. The summed E-state index contributed by atoms with van der Waals surface area (Å²) in [7, 11) is 0. The van der Waals surface area contributed by atoms with Gasteiger partial charge in [0.25, 0.3) is 0 Å². The number of aryl methyl sites for hydroxylation is 1. The predicted molar refractivity (Wildman–Crippen MR) is 141 cm³/mol. The Hall–Kier alpha value is -2.08. The smallest absolute Gasteiger partial charge is 0.0206 e. The van der Waals surface area contributed by atoms with E-state index < -0.39 is 0 Å². The average molecular weight is 427 g/mol. The fourth-order valence-corrected chi connectivity index (χ4v) is 6.49. The van der Waals surface area contributed by atoms with Crippen LogP contribution in [0, 0.1) is 6.92 Å². The lowest BCUT2D eigenvalue weighted by molar-refractivity contribution is 0.435. The highest BCUT2D eigenvalue weighted by Gasteiger charge is 2.45. The van der Waals surface area contributed by atoms with Crippen LogP contribution in [0.1, 0.15) is 113 Å². The SMILES string of the molecule is C=C1C(=C)C(CC)(CCCCCCCC)c2cc3c(cc21)C(C)(CC)c1cc(C)ccc1-3. The second-order valence-corrected chi connectivity index (χ2v) is 10.6. The molecule has 0 amide bonds. The van der Waals surface area contributed by atoms with Crippen molar-refractivity contribution in [2.24, 2.45) is 0 Å². The van der Waals surface area contributed by atoms with E-state index in [4.69, 9.17) is 0 Å². The molecule has 0 fully saturated rings. The number of benzene rings is 2. The minimum atomic E-state index is 0.0578. The third-order valence-corrected chi connectivity index (χ3v) is 8.86. The van der Waals surface area contributed by atoms with Crippen LogP contribution in [0.15, 0.2) is 49.1 Å². The van der Waals surface area contributed by atoms with Gasteiger partial charge in [-0.25, -0.2) is 0 Å². The molecule has 0 heteroatoms. The van der Waals surface area contributed by atoms with Gasteiger partial charge >= 0.3 is 0 Å². The lowest BCUT2D eigenvalue weighted by Gasteiger charge is -2.32. The van der Waals surface area contributed by atoms with E-state index in [1.807, 2.05) is 0 Å². The summed E-state index contributed by atoms with van der Waals surface area (Å²) in [4.78, 5) is 0. The van der Waals surface area contributed by atoms with Crippen molar-refractivity contribution < 1.29 is 0 Å². The summed E-state index contributed by atoms with van der Waals surface area (Å²) >= 11 is 0. The molecule has 0 aliphatic heterocycles. The van der Waals surface area contributed by atoms with E-state index in [2.05, 4.69) is 78.1 Å². The first-order valence-electron chi connectivity index (χ1n) is 13.0. The molecular formula is C32H42. The molecule has 2 aliphatic carbocycles. The minimum absolute atomic E-state index is 0.0578. The normalized spacial score (nSPS) is 23.4. The zero-order chi connectivity index (χ0) is 23.1. The number of unbranched alkanes of at least 4 members (excludes halogenated alkanes) is 5. The molecule has 2 atom stereocenters. The molecule has 0 saturated heterocycles. The van der Waals surface area contributed by atoms with Crippen molar-refractivity contribution in [3.63, 3.8) is 0 Å². The summed E-state index contributed by atoms with van der Waals surface area (Å²) in [6.45, 7) is 20.8. The topological polar surface area (TPSA) is 0 Å². The number of hydrogen-bond acceptors (Lipinski definition) is 0. The highest BCUT2D eigenvalue weighted by molar-refractivity contribution is 5.92. The highest BCUT2D eigenvalue weighted by Crippen LogP contribution is 2.58. The van der Waals surface area contributed by atoms with E-state index in [1.165, 1.54) is 95.0 Å². The van der Waals surface area contributed by atoms with Crippen molar-refractivity contribution in [2.45, 2.75) is 103 Å². The second-order valence-electron chi connectivity index (χ2n) is 10.6. The van der Waals surface area contributed by atoms with Gasteiger partial charge in [-0.3, -0.25) is 0 Å². The molecule has 2 aliphatic rings. The largest absolute Gasteiger partial charge is 0.0943 e. The van der Waals surface area contributed by atoms with Crippen LogP contribution in [-0.2, 0) is 10.8 Å². The van der Waals surface area contributed by atoms with Gasteiger partial charge in [0.15, 0.2) is 0 Å². The Bertz CT molecular complexity index is 1050. The van der Waals surface area contributed by atoms with Crippen LogP contribution in [0.4, 0.5) is 0 Å². The summed E-state index contributed by atoms with van der Waals surface area (Å²) < 4.78 is 0. The Morgan fingerprint density at radius 3 is 2.06 bits per heavy atom. The standard InChI is InChI=1S/C32H42/c1-8-11-12-13-14-15-18-32(10-3)24(6)23(5)26-20-29-27(21-30(26)32)25-17-16-22(4)19-28(25)31(29,7)9-2/h16-17,19-21H,5-6,8-15,18H2,1-4,7H3. The van der Waals surface area contributed by atoms with Crippen LogP contribution in [0.3, 0.4) is 0 Å². The molecule has 0 saturated carbocycles. The highest BCUT2D eigenvalue weighted by atomic mass is 14.5. The maximum absolute atomic E-state index is 4.62. The van der Waals surface area contributed by atoms with Gasteiger partial charge in [-0.05, 0) is 82.8 Å². The molecule has 0 N–H and O–H groups in total. The Kier molecular flexibility index (Phi) is 6.27. The zero-order valence-corrected chi connectivity index (χ0v) is 21.2. The number of fused-ring (bicyclic) bond motifs is 4. The van der Waals surface area contributed by atoms with Gasteiger partial charge in [0.1, 0.15) is 0 Å². The van der Waals surface area contributed by atoms with E-state index in [1.54, 1.807) is 0 Å². The van der Waals surface area contributed by atoms with Crippen LogP contribution in [0.25, 0.3) is 16.7 Å². The molecule has 0 spiro atoms. The van der Waals surface area contributed by atoms with E-state index in [-0.39, 0.29) is 10.8 Å². The fraction of sp³-hybridized carbons (Fsp3) is 0.500. The molecule has 4 rings (SSSR count). The first-order valence-corrected chi connectivity index (χ1v) is 13.0. The molecule has 0 aromatic heterocycles. The lowest BCUT2D eigenvalue weighted by atomic mass is 9.71. The summed E-state index contributed by atoms with van der Waals surface area (Å²) in [5.74, 6) is 0. The Labute approximate surface area is 196 Å². The van der Waals surface area contributed by atoms with E-state index in [0.29, 0.717) is 0 Å². The van der Waals surface area contributed by atoms with E-state index >= 15 is 0 Å². The van der Waals surface area contributed by atoms with Crippen LogP contribution in [-0.4, -0.2) is 0 Å². The summed E-state index contributed by atoms with van der Waals surface area (Å²) in [6.07, 6.45) is 11.4. The summed E-state index contributed by atoms with van der Waals surface area (Å²) in [6, 6.07) is 12.1. The monoisotopic (exact) mass is 426 g/mol. The third kappa shape index (κ3) is 3.33. The Balaban J connectivity index is 1.77. The quantitative estimate of drug-likeness (QED) is 0.350. The van der Waals surface area contributed by atoms with Crippen LogP contribution < -0.4 is 0 Å². The van der Waals surface area contributed by atoms with Gasteiger partial charge in [0, 0.05) is 10.8 Å². The average Bonchev–Trinajstić information content (AvgIpc) is 3.16. The molecule has 0 heterocycles. The third-order valence-electron chi connectivity index (χ3n) is 8.86. The number of hydrogen-bond donors (Lipinski definition) is 0. The van der Waals surface area contributed by atoms with Crippen molar-refractivity contribution in [3.8, 4) is 11.1 Å². The lowest BCUT2D eigenvalue weighted by Crippen LogP contribution is -2.24. The fourth-order valence-electron chi connectivity index (χ4n) is 6.49. The van der Waals surface area contributed by atoms with Gasteiger partial charge in [0.05, 0.1) is 0 Å². The van der Waals surface area contributed by atoms with Crippen molar-refractivity contribution in [2.75, 3.05) is 0 Å². The maximum Gasteiger partial charge on any atom is 0.0206 e. The van der Waals surface area contributed by atoms with Gasteiger partial charge in [0.2, 0.25) is 0 Å². The van der Waals surface area contributed by atoms with Crippen LogP contribution >= 0.6 is 0 Å². The zero-order valence-electron chi connectivity index (χ0n) is 21.2. The first-order chi connectivity index (χ1) is 15.3. The second kappa shape index (κ2) is 8.69. The van der Waals surface area contributed by atoms with Crippen molar-refractivity contribution in [1.82, 2.24) is 0 Å². The molecule has 170 valence electrons. The summed E-state index contributed by atoms with van der Waals surface area (Å²) in [5, 5.41) is 0. The molecule has 32 heavy (non-hydrogen) atoms. The molecule has 2 unspecified atom stereocenters. The van der Waals surface area contributed by atoms with Gasteiger partial charge in [-0.15, -0.1) is 0 Å². The minimum Gasteiger partial charge on any atom is -0.0943 e. The van der Waals surface area contributed by atoms with Crippen molar-refractivity contribution >= 4 is 5.57 Å². The van der Waals surface area contributed by atoms with Crippen LogP contribution in [0.5, 0.6) is 0 Å². The number of allylic oxidation sites excluding steroid dienone is 2. The van der Waals surface area contributed by atoms with E-state index in [0.717, 1.165) is 12.8 Å². The van der Waals surface area contributed by atoms with Crippen LogP contribution in [0.2, 0.25) is 0 Å². The van der Waals surface area contributed by atoms with Gasteiger partial charge in [-0.2, -0.15) is 0 Å². The first kappa shape index (κ1) is 23.1. The Morgan fingerprint density at radius 2 is 1.38 bits per heavy atom. The molecule has 0 nitrogen and oxygen atoms in total. The summed E-state index contributed by atoms with van der Waals surface area (Å²) in [5.41, 5.74) is 12.7. The van der Waals surface area contributed by atoms with Crippen molar-refractivity contribution in [3.05, 3.63) is 76.9 Å². The molecule has 0 radical (unpaired) electrons. The maximum atomic E-state index is 4.62.